The van der Waals surface area contributed by atoms with Crippen molar-refractivity contribution in [3.05, 3.63) is 0 Å². The molecule has 8 heavy (non-hydrogen) atoms. The third-order valence-electron chi connectivity index (χ3n) is 0.231. The van der Waals surface area contributed by atoms with Crippen LogP contribution >= 0.6 is 0 Å². The number of carboxylic acids is 1. The van der Waals surface area contributed by atoms with Gasteiger partial charge in [0.1, 0.15) is 5.97 Å². The summed E-state index contributed by atoms with van der Waals surface area (Å²) in [6.45, 7) is 0. The fourth-order valence-corrected chi connectivity index (χ4v) is 0. The molecule has 0 aliphatic carbocycles. The highest BCUT2D eigenvalue weighted by Crippen LogP contribution is 2.11. The molecule has 0 atom stereocenters. The summed E-state index contributed by atoms with van der Waals surface area (Å²) in [6, 6.07) is 0. The lowest BCUT2D eigenvalue weighted by Gasteiger charge is -2.03. The van der Waals surface area contributed by atoms with Crippen molar-refractivity contribution in [3.63, 3.8) is 0 Å². The molecular formula is C2H2ClF3O2. The lowest BCUT2D eigenvalue weighted by atomic mass is 10.7. The molecule has 0 radical (unpaired) electrons. The molecule has 0 aliphatic rings. The molecule has 2 nitrogen and oxygen atoms in total. The third kappa shape index (κ3) is 3.73. The molecular weight excluding hydrogens is 148 g/mol. The molecule has 0 N–H and O–H groups in total. The second kappa shape index (κ2) is 2.76. The molecule has 6 heteroatoms. The normalized spacial score (nSPS) is 9.88. The predicted molar refractivity (Wildman–Crippen MR) is 13.9 cm³/mol. The fraction of sp³-hybridized carbons (Fsp3) is 0.500. The highest BCUT2D eigenvalue weighted by molar-refractivity contribution is 5.70. The molecule has 0 unspecified atom stereocenters. The maximum atomic E-state index is 10.5. The standard InChI is InChI=1S/C2HF3O2.ClH2/c3-2(4,5)1(6)7;/h(H,6,7);1H2/q;+1/p-1. The van der Waals surface area contributed by atoms with Gasteiger partial charge in [-0.15, -0.1) is 0 Å². The van der Waals surface area contributed by atoms with Crippen molar-refractivity contribution in [1.29, 1.82) is 0 Å². The fourth-order valence-electron chi connectivity index (χ4n) is 0. The van der Waals surface area contributed by atoms with Gasteiger partial charge >= 0.3 is 6.18 Å². The molecule has 0 saturated carbocycles. The van der Waals surface area contributed by atoms with E-state index in [2.05, 4.69) is 0 Å². The van der Waals surface area contributed by atoms with Gasteiger partial charge in [-0.05, 0) is 0 Å². The Morgan fingerprint density at radius 1 is 1.38 bits per heavy atom. The highest BCUT2D eigenvalue weighted by Gasteiger charge is 2.28. The van der Waals surface area contributed by atoms with Crippen LogP contribution in [0.25, 0.3) is 0 Å². The second-order valence-corrected chi connectivity index (χ2v) is 0.785. The summed E-state index contributed by atoms with van der Waals surface area (Å²) in [5.41, 5.74) is 0. The summed E-state index contributed by atoms with van der Waals surface area (Å²) in [5, 5.41) is 8.78. The first-order valence-electron chi connectivity index (χ1n) is 1.23. The molecule has 0 aromatic rings. The van der Waals surface area contributed by atoms with Crippen LogP contribution < -0.4 is 5.11 Å². The van der Waals surface area contributed by atoms with E-state index in [0.29, 0.717) is 0 Å². The number of carbonyl (C=O) groups excluding carboxylic acids is 1. The van der Waals surface area contributed by atoms with Gasteiger partial charge in [0.25, 0.3) is 0 Å². The van der Waals surface area contributed by atoms with Gasteiger partial charge in [-0.2, -0.15) is 13.2 Å². The van der Waals surface area contributed by atoms with E-state index in [4.69, 9.17) is 9.90 Å². The average Bonchev–Trinajstić information content (AvgIpc) is 1.31. The summed E-state index contributed by atoms with van der Waals surface area (Å²) >= 11 is 0. The number of rotatable bonds is 0. The lowest BCUT2D eigenvalue weighted by Crippen LogP contribution is -2.37. The van der Waals surface area contributed by atoms with Crippen LogP contribution in [0, 0.1) is 12.4 Å². The molecule has 50 valence electrons. The summed E-state index contributed by atoms with van der Waals surface area (Å²) in [6.07, 6.45) is -5.19. The number of carboxylic acid groups (broad SMARTS) is 1. The molecule has 0 rings (SSSR count). The van der Waals surface area contributed by atoms with Crippen molar-refractivity contribution in [2.45, 2.75) is 6.18 Å². The Labute approximate surface area is 48.7 Å². The first kappa shape index (κ1) is 10.5. The second-order valence-electron chi connectivity index (χ2n) is 0.785. The number of alkyl halides is 3. The number of aliphatic carboxylic acids is 1. The van der Waals surface area contributed by atoms with E-state index < -0.39 is 12.1 Å². The summed E-state index contributed by atoms with van der Waals surface area (Å²) in [5.74, 6) is -3.01. The van der Waals surface area contributed by atoms with Crippen LogP contribution in [0.4, 0.5) is 13.2 Å². The zero-order valence-corrected chi connectivity index (χ0v) is 4.29. The van der Waals surface area contributed by atoms with E-state index in [0.717, 1.165) is 0 Å². The van der Waals surface area contributed by atoms with Gasteiger partial charge in [-0.3, -0.25) is 0 Å². The Morgan fingerprint density at radius 2 is 1.50 bits per heavy atom. The van der Waals surface area contributed by atoms with E-state index in [-0.39, 0.29) is 12.4 Å². The van der Waals surface area contributed by atoms with Gasteiger partial charge in [-0.25, -0.2) is 0 Å². The van der Waals surface area contributed by atoms with Crippen LogP contribution in [0.3, 0.4) is 0 Å². The van der Waals surface area contributed by atoms with Crippen molar-refractivity contribution in [1.82, 2.24) is 0 Å². The Balaban J connectivity index is 0. The van der Waals surface area contributed by atoms with Crippen LogP contribution in [0.2, 0.25) is 0 Å². The molecule has 0 spiro atoms. The monoisotopic (exact) mass is 150 g/mol. The topological polar surface area (TPSA) is 40.1 Å². The zero-order chi connectivity index (χ0) is 6.08. The zero-order valence-electron chi connectivity index (χ0n) is 3.40. The van der Waals surface area contributed by atoms with Crippen molar-refractivity contribution in [2.24, 2.45) is 0 Å². The lowest BCUT2D eigenvalue weighted by molar-refractivity contribution is -0.344. The Hall–Kier alpha value is -0.450. The molecule has 0 aliphatic heterocycles. The molecule has 0 heterocycles. The highest BCUT2D eigenvalue weighted by atomic mass is 35.5. The first-order valence-corrected chi connectivity index (χ1v) is 1.23. The van der Waals surface area contributed by atoms with Crippen molar-refractivity contribution in [2.75, 3.05) is 0 Å². The van der Waals surface area contributed by atoms with E-state index in [9.17, 15) is 13.2 Å². The molecule has 0 fully saturated rings. The quantitative estimate of drug-likeness (QED) is 0.434. The van der Waals surface area contributed by atoms with E-state index in [1.165, 1.54) is 0 Å². The number of hydrogen-bond acceptors (Lipinski definition) is 2. The largest absolute Gasteiger partial charge is 0.542 e. The Morgan fingerprint density at radius 3 is 1.50 bits per heavy atom. The van der Waals surface area contributed by atoms with Crippen LogP contribution in [0.1, 0.15) is 0 Å². The van der Waals surface area contributed by atoms with Crippen LogP contribution in [0.15, 0.2) is 0 Å². The van der Waals surface area contributed by atoms with Gasteiger partial charge in [-0.1, -0.05) is 0 Å². The van der Waals surface area contributed by atoms with Gasteiger partial charge in [0.05, 0.1) is 12.4 Å². The summed E-state index contributed by atoms with van der Waals surface area (Å²) in [4.78, 5) is 8.78. The molecule has 0 bridgehead atoms. The SMILES string of the molecule is O=C([O-])C(F)(F)F.[ClH2+]. The van der Waals surface area contributed by atoms with Gasteiger partial charge in [0, 0.05) is 0 Å². The molecule has 0 amide bonds. The van der Waals surface area contributed by atoms with E-state index in [1.54, 1.807) is 0 Å². The number of carbonyl (C=O) groups is 1. The number of halogens is 4. The minimum absolute atomic E-state index is 0. The van der Waals surface area contributed by atoms with E-state index >= 15 is 0 Å². The third-order valence-corrected chi connectivity index (χ3v) is 0.231. The maximum absolute atomic E-state index is 10.5. The Kier molecular flexibility index (Phi) is 3.63. The first-order chi connectivity index (χ1) is 2.94. The van der Waals surface area contributed by atoms with Crippen molar-refractivity contribution in [3.8, 4) is 0 Å². The maximum Gasteiger partial charge on any atom is 0.430 e. The predicted octanol–water partition coefficient (Wildman–Crippen LogP) is -1.24. The minimum Gasteiger partial charge on any atom is -0.542 e. The summed E-state index contributed by atoms with van der Waals surface area (Å²) in [7, 11) is 0. The van der Waals surface area contributed by atoms with Crippen LogP contribution in [-0.2, 0) is 4.79 Å². The van der Waals surface area contributed by atoms with Crippen LogP contribution in [-0.4, -0.2) is 12.1 Å². The van der Waals surface area contributed by atoms with Gasteiger partial charge < -0.3 is 9.90 Å². The van der Waals surface area contributed by atoms with Gasteiger partial charge in [0.2, 0.25) is 0 Å². The smallest absolute Gasteiger partial charge is 0.430 e. The van der Waals surface area contributed by atoms with E-state index in [1.807, 2.05) is 0 Å². The van der Waals surface area contributed by atoms with Gasteiger partial charge in [0.15, 0.2) is 0 Å². The van der Waals surface area contributed by atoms with Crippen molar-refractivity contribution >= 4 is 5.97 Å². The molecule has 0 aromatic carbocycles. The minimum atomic E-state index is -5.19. The molecule has 0 saturated heterocycles. The van der Waals surface area contributed by atoms with Crippen molar-refractivity contribution < 1.29 is 35.5 Å². The molecule has 0 aromatic heterocycles. The summed E-state index contributed by atoms with van der Waals surface area (Å²) < 4.78 is 31.5. The number of hydrogen-bond donors (Lipinski definition) is 0. The van der Waals surface area contributed by atoms with Crippen LogP contribution in [0.5, 0.6) is 0 Å². The Bertz CT molecular complexity index is 87.8. The average molecular weight is 150 g/mol.